The maximum atomic E-state index is 4.77. The molecule has 0 aliphatic carbocycles. The summed E-state index contributed by atoms with van der Waals surface area (Å²) in [5.41, 5.74) is 0.926. The highest BCUT2D eigenvalue weighted by atomic mass is 15.2. The van der Waals surface area contributed by atoms with Crippen LogP contribution in [-0.2, 0) is 0 Å². The topological polar surface area (TPSA) is 45.5 Å². The summed E-state index contributed by atoms with van der Waals surface area (Å²) < 4.78 is 2.04. The average molecular weight is 275 g/mol. The molecular formula is C15H25N5. The lowest BCUT2D eigenvalue weighted by molar-refractivity contribution is 0.615. The molecule has 110 valence electrons. The third-order valence-corrected chi connectivity index (χ3v) is 3.18. The van der Waals surface area contributed by atoms with Gasteiger partial charge in [-0.15, -0.1) is 0 Å². The normalized spacial score (nSPS) is 11.2. The van der Waals surface area contributed by atoms with Crippen molar-refractivity contribution in [3.05, 3.63) is 18.6 Å². The molecule has 0 aromatic carbocycles. The van der Waals surface area contributed by atoms with Crippen molar-refractivity contribution < 1.29 is 0 Å². The van der Waals surface area contributed by atoms with Gasteiger partial charge < -0.3 is 14.6 Å². The Kier molecular flexibility index (Phi) is 4.82. The van der Waals surface area contributed by atoms with Gasteiger partial charge in [-0.2, -0.15) is 0 Å². The zero-order chi connectivity index (χ0) is 14.5. The first-order chi connectivity index (χ1) is 9.65. The minimum absolute atomic E-state index is 0.596. The van der Waals surface area contributed by atoms with Crippen LogP contribution in [0.3, 0.4) is 0 Å². The lowest BCUT2D eigenvalue weighted by atomic mass is 10.2. The van der Waals surface area contributed by atoms with Gasteiger partial charge in [0.05, 0.1) is 6.20 Å². The van der Waals surface area contributed by atoms with Crippen LogP contribution in [-0.4, -0.2) is 34.0 Å². The van der Waals surface area contributed by atoms with Gasteiger partial charge in [-0.25, -0.2) is 9.97 Å². The maximum Gasteiger partial charge on any atom is 0.180 e. The van der Waals surface area contributed by atoms with E-state index in [-0.39, 0.29) is 0 Å². The van der Waals surface area contributed by atoms with E-state index in [4.69, 9.17) is 4.98 Å². The SMILES string of the molecule is CCCNc1cn2ccnc2c(N(CC)CC(C)C)n1. The number of fused-ring (bicyclic) bond motifs is 1. The van der Waals surface area contributed by atoms with E-state index in [0.29, 0.717) is 5.92 Å². The molecule has 0 atom stereocenters. The van der Waals surface area contributed by atoms with Crippen molar-refractivity contribution >= 4 is 17.3 Å². The van der Waals surface area contributed by atoms with E-state index in [2.05, 4.69) is 42.9 Å². The number of anilines is 2. The summed E-state index contributed by atoms with van der Waals surface area (Å²) in [5.74, 6) is 2.47. The van der Waals surface area contributed by atoms with Crippen LogP contribution in [0.1, 0.15) is 34.1 Å². The summed E-state index contributed by atoms with van der Waals surface area (Å²) in [6.45, 7) is 11.6. The van der Waals surface area contributed by atoms with Crippen molar-refractivity contribution in [1.29, 1.82) is 0 Å². The summed E-state index contributed by atoms with van der Waals surface area (Å²) in [7, 11) is 0. The Morgan fingerprint density at radius 1 is 1.35 bits per heavy atom. The zero-order valence-corrected chi connectivity index (χ0v) is 12.9. The zero-order valence-electron chi connectivity index (χ0n) is 12.9. The predicted octanol–water partition coefficient (Wildman–Crippen LogP) is 3.03. The highest BCUT2D eigenvalue weighted by molar-refractivity contribution is 5.66. The Bertz CT molecular complexity index is 546. The van der Waals surface area contributed by atoms with E-state index >= 15 is 0 Å². The van der Waals surface area contributed by atoms with E-state index in [1.165, 1.54) is 0 Å². The number of imidazole rings is 1. The predicted molar refractivity (Wildman–Crippen MR) is 84.5 cm³/mol. The van der Waals surface area contributed by atoms with Crippen molar-refractivity contribution in [2.45, 2.75) is 34.1 Å². The number of aromatic nitrogens is 3. The van der Waals surface area contributed by atoms with Crippen molar-refractivity contribution in [2.24, 2.45) is 5.92 Å². The Labute approximate surface area is 121 Å². The Morgan fingerprint density at radius 2 is 2.15 bits per heavy atom. The fourth-order valence-corrected chi connectivity index (χ4v) is 2.27. The van der Waals surface area contributed by atoms with E-state index in [9.17, 15) is 0 Å². The minimum atomic E-state index is 0.596. The van der Waals surface area contributed by atoms with Crippen molar-refractivity contribution in [2.75, 3.05) is 29.9 Å². The van der Waals surface area contributed by atoms with Crippen LogP contribution in [0.2, 0.25) is 0 Å². The van der Waals surface area contributed by atoms with Crippen molar-refractivity contribution in [3.63, 3.8) is 0 Å². The van der Waals surface area contributed by atoms with E-state index in [1.54, 1.807) is 0 Å². The Balaban J connectivity index is 2.40. The van der Waals surface area contributed by atoms with Gasteiger partial charge in [0.2, 0.25) is 0 Å². The highest BCUT2D eigenvalue weighted by Gasteiger charge is 2.14. The van der Waals surface area contributed by atoms with Crippen LogP contribution < -0.4 is 10.2 Å². The van der Waals surface area contributed by atoms with E-state index in [1.807, 2.05) is 23.0 Å². The first-order valence-corrected chi connectivity index (χ1v) is 7.48. The minimum Gasteiger partial charge on any atom is -0.369 e. The van der Waals surface area contributed by atoms with E-state index < -0.39 is 0 Å². The lowest BCUT2D eigenvalue weighted by Crippen LogP contribution is -2.29. The summed E-state index contributed by atoms with van der Waals surface area (Å²) in [4.78, 5) is 11.5. The van der Waals surface area contributed by atoms with Crippen molar-refractivity contribution in [3.8, 4) is 0 Å². The van der Waals surface area contributed by atoms with Gasteiger partial charge in [0.1, 0.15) is 5.82 Å². The number of nitrogens with zero attached hydrogens (tertiary/aromatic N) is 4. The van der Waals surface area contributed by atoms with Gasteiger partial charge in [-0.05, 0) is 19.3 Å². The molecule has 2 aromatic rings. The fraction of sp³-hybridized carbons (Fsp3) is 0.600. The van der Waals surface area contributed by atoms with Gasteiger partial charge in [0, 0.05) is 32.0 Å². The van der Waals surface area contributed by atoms with Crippen LogP contribution >= 0.6 is 0 Å². The van der Waals surface area contributed by atoms with Crippen LogP contribution in [0.25, 0.3) is 5.65 Å². The summed E-state index contributed by atoms with van der Waals surface area (Å²) in [6, 6.07) is 0. The molecule has 2 rings (SSSR count). The largest absolute Gasteiger partial charge is 0.369 e. The van der Waals surface area contributed by atoms with Gasteiger partial charge in [-0.3, -0.25) is 0 Å². The number of hydrogen-bond acceptors (Lipinski definition) is 4. The van der Waals surface area contributed by atoms with Gasteiger partial charge in [0.25, 0.3) is 0 Å². The maximum absolute atomic E-state index is 4.77. The number of rotatable bonds is 7. The molecule has 2 heterocycles. The van der Waals surface area contributed by atoms with Crippen LogP contribution in [0, 0.1) is 5.92 Å². The molecule has 0 radical (unpaired) electrons. The standard InChI is InChI=1S/C15H25N5/c1-5-7-16-13-11-20-9-8-17-14(20)15(18-13)19(6-2)10-12(3)4/h8-9,11-12,16H,5-7,10H2,1-4H3. The molecular weight excluding hydrogens is 250 g/mol. The summed E-state index contributed by atoms with van der Waals surface area (Å²) >= 11 is 0. The third kappa shape index (κ3) is 3.21. The third-order valence-electron chi connectivity index (χ3n) is 3.18. The molecule has 20 heavy (non-hydrogen) atoms. The molecule has 0 amide bonds. The van der Waals surface area contributed by atoms with Crippen LogP contribution in [0.5, 0.6) is 0 Å². The van der Waals surface area contributed by atoms with Gasteiger partial charge in [-0.1, -0.05) is 20.8 Å². The number of nitrogens with one attached hydrogen (secondary N) is 1. The van der Waals surface area contributed by atoms with E-state index in [0.717, 1.165) is 43.3 Å². The smallest absolute Gasteiger partial charge is 0.180 e. The highest BCUT2D eigenvalue weighted by Crippen LogP contribution is 2.21. The van der Waals surface area contributed by atoms with Gasteiger partial charge >= 0.3 is 0 Å². The molecule has 1 N–H and O–H groups in total. The van der Waals surface area contributed by atoms with Crippen molar-refractivity contribution in [1.82, 2.24) is 14.4 Å². The summed E-state index contributed by atoms with van der Waals surface area (Å²) in [6.07, 6.45) is 6.89. The molecule has 0 bridgehead atoms. The Hall–Kier alpha value is -1.78. The van der Waals surface area contributed by atoms with Crippen LogP contribution in [0.15, 0.2) is 18.6 Å². The Morgan fingerprint density at radius 3 is 2.80 bits per heavy atom. The molecule has 0 unspecified atom stereocenters. The molecule has 5 nitrogen and oxygen atoms in total. The molecule has 0 fully saturated rings. The van der Waals surface area contributed by atoms with Gasteiger partial charge in [0.15, 0.2) is 11.5 Å². The molecule has 0 aliphatic rings. The molecule has 0 saturated carbocycles. The quantitative estimate of drug-likeness (QED) is 0.843. The molecule has 2 aromatic heterocycles. The molecule has 0 spiro atoms. The number of hydrogen-bond donors (Lipinski definition) is 1. The molecule has 0 saturated heterocycles. The molecule has 0 aliphatic heterocycles. The second kappa shape index (κ2) is 6.59. The first kappa shape index (κ1) is 14.6. The fourth-order valence-electron chi connectivity index (χ4n) is 2.27. The monoisotopic (exact) mass is 275 g/mol. The molecule has 5 heteroatoms. The van der Waals surface area contributed by atoms with Crippen LogP contribution in [0.4, 0.5) is 11.6 Å². The average Bonchev–Trinajstić information content (AvgIpc) is 2.89. The second-order valence-electron chi connectivity index (χ2n) is 5.47. The summed E-state index contributed by atoms with van der Waals surface area (Å²) in [5, 5.41) is 3.36. The second-order valence-corrected chi connectivity index (χ2v) is 5.47. The lowest BCUT2D eigenvalue weighted by Gasteiger charge is -2.24. The first-order valence-electron chi connectivity index (χ1n) is 7.48.